The summed E-state index contributed by atoms with van der Waals surface area (Å²) in [6, 6.07) is -0.00207. The highest BCUT2D eigenvalue weighted by Crippen LogP contribution is 2.12. The van der Waals surface area contributed by atoms with Gasteiger partial charge in [-0.3, -0.25) is 4.98 Å². The molecular weight excluding hydrogens is 214 g/mol. The van der Waals surface area contributed by atoms with E-state index in [1.165, 1.54) is 6.20 Å². The zero-order chi connectivity index (χ0) is 11.3. The highest BCUT2D eigenvalue weighted by Gasteiger charge is 2.10. The summed E-state index contributed by atoms with van der Waals surface area (Å²) in [4.78, 5) is 7.96. The van der Waals surface area contributed by atoms with Crippen molar-refractivity contribution in [2.75, 3.05) is 11.9 Å². The minimum atomic E-state index is -0.00207. The molecule has 84 valence electrons. The normalized spacial score (nSPS) is 12.9. The molecule has 4 nitrogen and oxygen atoms in total. The third-order valence-electron chi connectivity index (χ3n) is 1.93. The number of nitrogens with one attached hydrogen (secondary N) is 1. The molecule has 0 bridgehead atoms. The largest absolute Gasteiger partial charge is 0.394 e. The van der Waals surface area contributed by atoms with Crippen LogP contribution in [0.25, 0.3) is 0 Å². The SMILES string of the molecule is CC(C)CC(CO)Nc1cncc(Cl)n1. The number of aliphatic hydroxyl groups is 1. The number of hydrogen-bond acceptors (Lipinski definition) is 4. The van der Waals surface area contributed by atoms with E-state index < -0.39 is 0 Å². The molecule has 1 aromatic rings. The van der Waals surface area contributed by atoms with Gasteiger partial charge < -0.3 is 10.4 Å². The molecule has 0 radical (unpaired) electrons. The van der Waals surface area contributed by atoms with Gasteiger partial charge in [-0.15, -0.1) is 0 Å². The van der Waals surface area contributed by atoms with Gasteiger partial charge in [0.25, 0.3) is 0 Å². The molecule has 1 rings (SSSR count). The highest BCUT2D eigenvalue weighted by molar-refractivity contribution is 6.29. The van der Waals surface area contributed by atoms with Crippen molar-refractivity contribution in [2.24, 2.45) is 5.92 Å². The molecule has 0 aliphatic rings. The first kappa shape index (κ1) is 12.2. The first-order valence-corrected chi connectivity index (χ1v) is 5.34. The Labute approximate surface area is 94.7 Å². The standard InChI is InChI=1S/C10H16ClN3O/c1-7(2)3-8(6-15)13-10-5-12-4-9(11)14-10/h4-5,7-8,15H,3,6H2,1-2H3,(H,13,14). The van der Waals surface area contributed by atoms with E-state index in [1.54, 1.807) is 6.20 Å². The van der Waals surface area contributed by atoms with Gasteiger partial charge in [-0.2, -0.15) is 0 Å². The molecule has 0 saturated heterocycles. The molecule has 0 amide bonds. The van der Waals surface area contributed by atoms with Gasteiger partial charge in [0.05, 0.1) is 25.0 Å². The lowest BCUT2D eigenvalue weighted by molar-refractivity contribution is 0.259. The van der Waals surface area contributed by atoms with Crippen molar-refractivity contribution < 1.29 is 5.11 Å². The molecule has 0 aromatic carbocycles. The minimum Gasteiger partial charge on any atom is -0.394 e. The predicted octanol–water partition coefficient (Wildman–Crippen LogP) is 1.95. The second-order valence-electron chi connectivity index (χ2n) is 3.88. The highest BCUT2D eigenvalue weighted by atomic mass is 35.5. The van der Waals surface area contributed by atoms with E-state index in [-0.39, 0.29) is 12.6 Å². The quantitative estimate of drug-likeness (QED) is 0.810. The van der Waals surface area contributed by atoms with Crippen molar-refractivity contribution in [3.05, 3.63) is 17.5 Å². The Hall–Kier alpha value is -0.870. The second kappa shape index (κ2) is 5.88. The molecule has 0 aliphatic heterocycles. The van der Waals surface area contributed by atoms with Crippen LogP contribution in [0.3, 0.4) is 0 Å². The molecule has 1 atom stereocenters. The van der Waals surface area contributed by atoms with Crippen LogP contribution in [0.5, 0.6) is 0 Å². The van der Waals surface area contributed by atoms with Crippen LogP contribution in [0.15, 0.2) is 12.4 Å². The van der Waals surface area contributed by atoms with Gasteiger partial charge in [0.1, 0.15) is 11.0 Å². The van der Waals surface area contributed by atoms with E-state index in [9.17, 15) is 0 Å². The first-order chi connectivity index (χ1) is 7.11. The average molecular weight is 230 g/mol. The summed E-state index contributed by atoms with van der Waals surface area (Å²) in [6.45, 7) is 4.29. The molecule has 15 heavy (non-hydrogen) atoms. The molecule has 5 heteroatoms. The maximum absolute atomic E-state index is 9.16. The molecule has 1 unspecified atom stereocenters. The molecule has 1 aromatic heterocycles. The lowest BCUT2D eigenvalue weighted by Gasteiger charge is -2.18. The third kappa shape index (κ3) is 4.44. The van der Waals surface area contributed by atoms with Gasteiger partial charge in [-0.1, -0.05) is 25.4 Å². The maximum Gasteiger partial charge on any atom is 0.149 e. The Morgan fingerprint density at radius 1 is 1.47 bits per heavy atom. The maximum atomic E-state index is 9.16. The van der Waals surface area contributed by atoms with Gasteiger partial charge in [0.15, 0.2) is 0 Å². The molecule has 2 N–H and O–H groups in total. The van der Waals surface area contributed by atoms with Crippen LogP contribution in [0, 0.1) is 5.92 Å². The van der Waals surface area contributed by atoms with Crippen molar-refractivity contribution in [1.29, 1.82) is 0 Å². The average Bonchev–Trinajstić information content (AvgIpc) is 2.16. The van der Waals surface area contributed by atoms with Gasteiger partial charge in [0, 0.05) is 0 Å². The Bertz CT molecular complexity index is 306. The Morgan fingerprint density at radius 3 is 2.73 bits per heavy atom. The minimum absolute atomic E-state index is 0.00207. The summed E-state index contributed by atoms with van der Waals surface area (Å²) < 4.78 is 0. The van der Waals surface area contributed by atoms with Crippen LogP contribution >= 0.6 is 11.6 Å². The van der Waals surface area contributed by atoms with Crippen molar-refractivity contribution in [3.8, 4) is 0 Å². The van der Waals surface area contributed by atoms with Gasteiger partial charge >= 0.3 is 0 Å². The van der Waals surface area contributed by atoms with E-state index in [4.69, 9.17) is 16.7 Å². The second-order valence-corrected chi connectivity index (χ2v) is 4.27. The number of aliphatic hydroxyl groups excluding tert-OH is 1. The summed E-state index contributed by atoms with van der Waals surface area (Å²) in [5.74, 6) is 1.11. The molecule has 0 spiro atoms. The number of aromatic nitrogens is 2. The van der Waals surface area contributed by atoms with Crippen LogP contribution in [-0.2, 0) is 0 Å². The molecule has 1 heterocycles. The van der Waals surface area contributed by atoms with E-state index in [1.807, 2.05) is 0 Å². The molecule has 0 aliphatic carbocycles. The molecule has 0 fully saturated rings. The zero-order valence-corrected chi connectivity index (χ0v) is 9.70. The Balaban J connectivity index is 2.58. The van der Waals surface area contributed by atoms with Gasteiger partial charge in [0.2, 0.25) is 0 Å². The van der Waals surface area contributed by atoms with Crippen LogP contribution in [0.1, 0.15) is 20.3 Å². The third-order valence-corrected chi connectivity index (χ3v) is 2.12. The number of halogens is 1. The van der Waals surface area contributed by atoms with E-state index >= 15 is 0 Å². The number of anilines is 1. The summed E-state index contributed by atoms with van der Waals surface area (Å²) in [7, 11) is 0. The van der Waals surface area contributed by atoms with Crippen molar-refractivity contribution >= 4 is 17.4 Å². The summed E-state index contributed by atoms with van der Waals surface area (Å²) in [5.41, 5.74) is 0. The summed E-state index contributed by atoms with van der Waals surface area (Å²) >= 11 is 5.70. The fraction of sp³-hybridized carbons (Fsp3) is 0.600. The van der Waals surface area contributed by atoms with Crippen LogP contribution < -0.4 is 5.32 Å². The Kier molecular flexibility index (Phi) is 4.78. The van der Waals surface area contributed by atoms with E-state index in [2.05, 4.69) is 29.1 Å². The molecular formula is C10H16ClN3O. The predicted molar refractivity (Wildman–Crippen MR) is 61.0 cm³/mol. The lowest BCUT2D eigenvalue weighted by atomic mass is 10.0. The summed E-state index contributed by atoms with van der Waals surface area (Å²) in [5, 5.41) is 12.6. The van der Waals surface area contributed by atoms with Gasteiger partial charge in [-0.25, -0.2) is 4.98 Å². The van der Waals surface area contributed by atoms with Gasteiger partial charge in [-0.05, 0) is 12.3 Å². The monoisotopic (exact) mass is 229 g/mol. The summed E-state index contributed by atoms with van der Waals surface area (Å²) in [6.07, 6.45) is 3.95. The molecule has 0 saturated carbocycles. The number of nitrogens with zero attached hydrogens (tertiary/aromatic N) is 2. The topological polar surface area (TPSA) is 58.0 Å². The van der Waals surface area contributed by atoms with Crippen LogP contribution in [-0.4, -0.2) is 27.7 Å². The van der Waals surface area contributed by atoms with Crippen LogP contribution in [0.4, 0.5) is 5.82 Å². The van der Waals surface area contributed by atoms with Crippen molar-refractivity contribution in [3.63, 3.8) is 0 Å². The first-order valence-electron chi connectivity index (χ1n) is 4.96. The van der Waals surface area contributed by atoms with Crippen molar-refractivity contribution in [1.82, 2.24) is 9.97 Å². The Morgan fingerprint density at radius 2 is 2.20 bits per heavy atom. The lowest BCUT2D eigenvalue weighted by Crippen LogP contribution is -2.26. The smallest absolute Gasteiger partial charge is 0.149 e. The van der Waals surface area contributed by atoms with E-state index in [0.717, 1.165) is 6.42 Å². The zero-order valence-electron chi connectivity index (χ0n) is 8.94. The van der Waals surface area contributed by atoms with Crippen LogP contribution in [0.2, 0.25) is 5.15 Å². The number of rotatable bonds is 5. The number of hydrogen-bond donors (Lipinski definition) is 2. The van der Waals surface area contributed by atoms with Crippen molar-refractivity contribution in [2.45, 2.75) is 26.3 Å². The fourth-order valence-corrected chi connectivity index (χ4v) is 1.52. The fourth-order valence-electron chi connectivity index (χ4n) is 1.37. The van der Waals surface area contributed by atoms with E-state index in [0.29, 0.717) is 16.9 Å².